The van der Waals surface area contributed by atoms with Crippen LogP contribution in [0.15, 0.2) is 48.6 Å². The number of hydrogen-bond donors (Lipinski definition) is 2. The molecule has 1 fully saturated rings. The van der Waals surface area contributed by atoms with Crippen LogP contribution in [0.2, 0.25) is 0 Å². The summed E-state index contributed by atoms with van der Waals surface area (Å²) < 4.78 is 55.1. The summed E-state index contributed by atoms with van der Waals surface area (Å²) in [7, 11) is 3.18. The number of hydrogen-bond acceptors (Lipinski definition) is 4. The third-order valence-electron chi connectivity index (χ3n) is 6.46. The van der Waals surface area contributed by atoms with E-state index >= 15 is 0 Å². The van der Waals surface area contributed by atoms with Crippen molar-refractivity contribution >= 4 is 22.6 Å². The van der Waals surface area contributed by atoms with Crippen LogP contribution in [0, 0.1) is 5.82 Å². The first-order chi connectivity index (χ1) is 16.7. The zero-order valence-electron chi connectivity index (χ0n) is 20.2. The van der Waals surface area contributed by atoms with Gasteiger partial charge in [-0.1, -0.05) is 24.3 Å². The Morgan fingerprint density at radius 2 is 2.03 bits per heavy atom. The minimum Gasteiger partial charge on any atom is -0.378 e. The summed E-state index contributed by atoms with van der Waals surface area (Å²) in [6, 6.07) is 10.1. The van der Waals surface area contributed by atoms with E-state index in [1.807, 2.05) is 12.1 Å². The van der Waals surface area contributed by atoms with Crippen LogP contribution in [0.4, 0.5) is 23.7 Å². The summed E-state index contributed by atoms with van der Waals surface area (Å²) in [5.41, 5.74) is 0.624. The van der Waals surface area contributed by atoms with E-state index < -0.39 is 29.4 Å². The number of likely N-dealkylation sites (tertiary alicyclic amines) is 1. The van der Waals surface area contributed by atoms with Gasteiger partial charge in [-0.05, 0) is 30.7 Å². The molecule has 0 unspecified atom stereocenters. The third-order valence-corrected chi connectivity index (χ3v) is 6.46. The summed E-state index contributed by atoms with van der Waals surface area (Å²) in [5, 5.41) is 6.48. The highest BCUT2D eigenvalue weighted by molar-refractivity contribution is 5.92. The fraction of sp³-hybridized carbons (Fsp3) is 0.360. The molecule has 2 atom stereocenters. The Balaban J connectivity index is 1.72. The van der Waals surface area contributed by atoms with Crippen molar-refractivity contribution in [2.45, 2.75) is 31.4 Å². The number of nitrogens with one attached hydrogen (secondary N) is 2. The van der Waals surface area contributed by atoms with Crippen LogP contribution < -0.4 is 10.6 Å². The smallest absolute Gasteiger partial charge is 0.317 e. The number of methoxy groups -OCH3 is 1. The van der Waals surface area contributed by atoms with Gasteiger partial charge in [0.25, 0.3) is 6.43 Å². The number of aromatic nitrogens is 1. The fourth-order valence-electron chi connectivity index (χ4n) is 4.51. The number of ether oxygens (including phenoxy) is 1. The van der Waals surface area contributed by atoms with Gasteiger partial charge in [-0.25, -0.2) is 18.0 Å². The van der Waals surface area contributed by atoms with Crippen molar-refractivity contribution in [3.63, 3.8) is 0 Å². The van der Waals surface area contributed by atoms with Crippen molar-refractivity contribution in [2.75, 3.05) is 32.6 Å². The number of rotatable bonds is 6. The SMILES string of the molecule is [2H]c1cc(N[C@H](C)c2cccc(C(F)F)c2F)c2cc([C@]3(OC)CCN(C(=O)NC)C3)ccc2n1. The Labute approximate surface area is 197 Å². The molecule has 3 aromatic rings. The average Bonchev–Trinajstić information content (AvgIpc) is 3.29. The van der Waals surface area contributed by atoms with Gasteiger partial charge in [0, 0.05) is 49.9 Å². The van der Waals surface area contributed by atoms with Crippen LogP contribution in [0.1, 0.15) is 43.9 Å². The second-order valence-corrected chi connectivity index (χ2v) is 8.37. The zero-order valence-corrected chi connectivity index (χ0v) is 19.2. The van der Waals surface area contributed by atoms with E-state index in [0.717, 1.165) is 11.6 Å². The number of anilines is 1. The maximum Gasteiger partial charge on any atom is 0.317 e. The number of pyridine rings is 1. The summed E-state index contributed by atoms with van der Waals surface area (Å²) >= 11 is 0. The van der Waals surface area contributed by atoms with Crippen molar-refractivity contribution in [3.05, 3.63) is 71.1 Å². The van der Waals surface area contributed by atoms with Crippen LogP contribution in [0.5, 0.6) is 0 Å². The highest BCUT2D eigenvalue weighted by atomic mass is 19.3. The molecule has 4 rings (SSSR count). The van der Waals surface area contributed by atoms with Gasteiger partial charge >= 0.3 is 6.03 Å². The van der Waals surface area contributed by atoms with Gasteiger partial charge < -0.3 is 20.3 Å². The molecule has 0 spiro atoms. The molecular formula is C25H27F3N4O2. The molecule has 0 radical (unpaired) electrons. The molecule has 1 aliphatic heterocycles. The molecule has 1 aromatic heterocycles. The van der Waals surface area contributed by atoms with Gasteiger partial charge in [-0.15, -0.1) is 0 Å². The molecule has 180 valence electrons. The normalized spacial score (nSPS) is 19.4. The van der Waals surface area contributed by atoms with Gasteiger partial charge in [-0.3, -0.25) is 4.98 Å². The number of amides is 2. The molecule has 2 heterocycles. The van der Waals surface area contributed by atoms with Crippen molar-refractivity contribution in [2.24, 2.45) is 0 Å². The summed E-state index contributed by atoms with van der Waals surface area (Å²) in [6.45, 7) is 2.56. The van der Waals surface area contributed by atoms with Crippen LogP contribution in [-0.4, -0.2) is 43.2 Å². The van der Waals surface area contributed by atoms with Crippen molar-refractivity contribution in [3.8, 4) is 0 Å². The number of urea groups is 1. The number of halogens is 3. The van der Waals surface area contributed by atoms with Crippen LogP contribution >= 0.6 is 0 Å². The fourth-order valence-corrected chi connectivity index (χ4v) is 4.51. The highest BCUT2D eigenvalue weighted by Crippen LogP contribution is 2.38. The van der Waals surface area contributed by atoms with Gasteiger partial charge in [0.05, 0.1) is 25.0 Å². The topological polar surface area (TPSA) is 66.5 Å². The number of benzene rings is 2. The van der Waals surface area contributed by atoms with Crippen LogP contribution in [-0.2, 0) is 10.3 Å². The molecule has 2 N–H and O–H groups in total. The van der Waals surface area contributed by atoms with Crippen molar-refractivity contribution in [1.29, 1.82) is 0 Å². The van der Waals surface area contributed by atoms with E-state index in [9.17, 15) is 18.0 Å². The first-order valence-corrected chi connectivity index (χ1v) is 11.0. The Morgan fingerprint density at radius 3 is 2.74 bits per heavy atom. The minimum atomic E-state index is -2.92. The monoisotopic (exact) mass is 473 g/mol. The van der Waals surface area contributed by atoms with Crippen molar-refractivity contribution in [1.82, 2.24) is 15.2 Å². The Morgan fingerprint density at radius 1 is 1.26 bits per heavy atom. The predicted octanol–water partition coefficient (Wildman–Crippen LogP) is 5.37. The first-order valence-electron chi connectivity index (χ1n) is 11.5. The Kier molecular flexibility index (Phi) is 6.28. The Bertz CT molecular complexity index is 1260. The molecule has 1 aliphatic rings. The van der Waals surface area contributed by atoms with E-state index in [1.165, 1.54) is 18.2 Å². The van der Waals surface area contributed by atoms with Crippen LogP contribution in [0.3, 0.4) is 0 Å². The maximum absolute atomic E-state index is 14.7. The minimum absolute atomic E-state index is 0.00914. The lowest BCUT2D eigenvalue weighted by Gasteiger charge is -2.29. The van der Waals surface area contributed by atoms with Crippen LogP contribution in [0.25, 0.3) is 10.9 Å². The van der Waals surface area contributed by atoms with E-state index in [2.05, 4.69) is 15.6 Å². The second-order valence-electron chi connectivity index (χ2n) is 8.37. The molecule has 2 aromatic carbocycles. The van der Waals surface area contributed by atoms with Gasteiger partial charge in [0.1, 0.15) is 11.4 Å². The standard InChI is InChI=1S/C25H27F3N4O2/c1-15(17-5-4-6-18(22(17)26)23(27)28)31-21-9-11-30-20-8-7-16(13-19(20)21)25(34-3)10-12-32(14-25)24(33)29-2/h4-9,11,13,15,23H,10,12,14H2,1-3H3,(H,29,33)(H,30,31)/t15-,25+/m1/s1/i11D. The van der Waals surface area contributed by atoms with Gasteiger partial charge in [0.15, 0.2) is 0 Å². The Hall–Kier alpha value is -3.33. The number of nitrogens with zero attached hydrogens (tertiary/aromatic N) is 2. The molecule has 9 heteroatoms. The first kappa shape index (κ1) is 22.5. The average molecular weight is 474 g/mol. The lowest BCUT2D eigenvalue weighted by atomic mass is 9.91. The second kappa shape index (κ2) is 9.50. The van der Waals surface area contributed by atoms with Gasteiger partial charge in [-0.2, -0.15) is 0 Å². The maximum atomic E-state index is 14.7. The molecule has 34 heavy (non-hydrogen) atoms. The van der Waals surface area contributed by atoms with E-state index in [4.69, 9.17) is 6.11 Å². The van der Waals surface area contributed by atoms with E-state index in [1.54, 1.807) is 32.0 Å². The van der Waals surface area contributed by atoms with E-state index in [-0.39, 0.29) is 17.8 Å². The number of carbonyl (C=O) groups excluding carboxylic acids is 1. The predicted molar refractivity (Wildman–Crippen MR) is 124 cm³/mol. The third kappa shape index (κ3) is 4.27. The quantitative estimate of drug-likeness (QED) is 0.505. The lowest BCUT2D eigenvalue weighted by molar-refractivity contribution is -0.00305. The number of fused-ring (bicyclic) bond motifs is 1. The lowest BCUT2D eigenvalue weighted by Crippen LogP contribution is -2.39. The largest absolute Gasteiger partial charge is 0.378 e. The zero-order chi connectivity index (χ0) is 25.3. The molecule has 0 saturated carbocycles. The molecule has 0 bridgehead atoms. The molecule has 2 amide bonds. The summed E-state index contributed by atoms with van der Waals surface area (Å²) in [6.07, 6.45) is -2.32. The molecule has 0 aliphatic carbocycles. The molecule has 6 nitrogen and oxygen atoms in total. The van der Waals surface area contributed by atoms with Crippen molar-refractivity contribution < 1.29 is 24.1 Å². The van der Waals surface area contributed by atoms with E-state index in [0.29, 0.717) is 36.1 Å². The summed E-state index contributed by atoms with van der Waals surface area (Å²) in [4.78, 5) is 18.1. The molecular weight excluding hydrogens is 445 g/mol. The summed E-state index contributed by atoms with van der Waals surface area (Å²) in [5.74, 6) is -0.953. The number of carbonyl (C=O) groups is 1. The van der Waals surface area contributed by atoms with Gasteiger partial charge in [0.2, 0.25) is 0 Å². The molecule has 1 saturated heterocycles. The highest BCUT2D eigenvalue weighted by Gasteiger charge is 2.41. The number of alkyl halides is 2.